The first-order valence-corrected chi connectivity index (χ1v) is 5.61. The van der Waals surface area contributed by atoms with Gasteiger partial charge in [0.2, 0.25) is 0 Å². The van der Waals surface area contributed by atoms with Crippen LogP contribution in [0.15, 0.2) is 41.3 Å². The number of benzene rings is 1. The van der Waals surface area contributed by atoms with Crippen LogP contribution in [0.5, 0.6) is 5.75 Å². The summed E-state index contributed by atoms with van der Waals surface area (Å²) in [5.74, 6) is 0.721. The highest BCUT2D eigenvalue weighted by atomic mass is 16.5. The maximum atomic E-state index is 11.5. The number of ether oxygens (including phenoxy) is 1. The molecule has 1 heterocycles. The van der Waals surface area contributed by atoms with E-state index in [0.29, 0.717) is 12.2 Å². The van der Waals surface area contributed by atoms with Crippen LogP contribution < -0.4 is 10.3 Å². The Labute approximate surface area is 104 Å². The van der Waals surface area contributed by atoms with E-state index in [4.69, 9.17) is 10.00 Å². The fraction of sp³-hybridized carbons (Fsp3) is 0.143. The summed E-state index contributed by atoms with van der Waals surface area (Å²) in [5, 5.41) is 9.03. The molecule has 0 aliphatic heterocycles. The van der Waals surface area contributed by atoms with Crippen molar-refractivity contribution >= 4 is 0 Å². The Kier molecular flexibility index (Phi) is 3.44. The molecule has 0 spiro atoms. The minimum atomic E-state index is -0.378. The average molecular weight is 240 g/mol. The third kappa shape index (κ3) is 2.25. The third-order valence-corrected chi connectivity index (χ3v) is 2.53. The molecule has 0 aliphatic carbocycles. The van der Waals surface area contributed by atoms with Gasteiger partial charge in [-0.3, -0.25) is 4.79 Å². The van der Waals surface area contributed by atoms with Crippen molar-refractivity contribution in [3.05, 3.63) is 52.4 Å². The molecule has 90 valence electrons. The average Bonchev–Trinajstić information content (AvgIpc) is 2.39. The lowest BCUT2D eigenvalue weighted by Gasteiger charge is -2.07. The van der Waals surface area contributed by atoms with Crippen molar-refractivity contribution in [1.29, 1.82) is 5.26 Å². The Morgan fingerprint density at radius 2 is 2.22 bits per heavy atom. The number of pyridine rings is 1. The van der Waals surface area contributed by atoms with Crippen LogP contribution in [0.4, 0.5) is 0 Å². The number of H-pyrrole nitrogens is 1. The van der Waals surface area contributed by atoms with E-state index in [1.165, 1.54) is 6.20 Å². The van der Waals surface area contributed by atoms with E-state index in [0.717, 1.165) is 11.3 Å². The molecule has 1 N–H and O–H groups in total. The molecule has 0 aliphatic rings. The molecule has 0 radical (unpaired) electrons. The van der Waals surface area contributed by atoms with E-state index in [1.54, 1.807) is 6.07 Å². The Morgan fingerprint density at radius 3 is 2.94 bits per heavy atom. The number of aromatic amines is 1. The van der Waals surface area contributed by atoms with E-state index in [1.807, 2.05) is 37.3 Å². The minimum Gasteiger partial charge on any atom is -0.494 e. The van der Waals surface area contributed by atoms with Crippen LogP contribution in [0.25, 0.3) is 11.1 Å². The molecular formula is C14H12N2O2. The highest BCUT2D eigenvalue weighted by Gasteiger charge is 2.08. The Morgan fingerprint density at radius 1 is 1.39 bits per heavy atom. The first kappa shape index (κ1) is 11.9. The van der Waals surface area contributed by atoms with E-state index >= 15 is 0 Å². The molecule has 0 fully saturated rings. The first-order valence-electron chi connectivity index (χ1n) is 5.61. The second-order valence-electron chi connectivity index (χ2n) is 3.67. The predicted octanol–water partition coefficient (Wildman–Crippen LogP) is 2.31. The molecule has 0 bridgehead atoms. The summed E-state index contributed by atoms with van der Waals surface area (Å²) in [4.78, 5) is 14.0. The zero-order valence-corrected chi connectivity index (χ0v) is 9.93. The van der Waals surface area contributed by atoms with Gasteiger partial charge < -0.3 is 9.72 Å². The summed E-state index contributed by atoms with van der Waals surface area (Å²) in [6.45, 7) is 2.48. The number of hydrogen-bond donors (Lipinski definition) is 1. The summed E-state index contributed by atoms with van der Waals surface area (Å²) in [6, 6.07) is 11.0. The number of aromatic nitrogens is 1. The van der Waals surface area contributed by atoms with Crippen LogP contribution in [-0.2, 0) is 0 Å². The fourth-order valence-corrected chi connectivity index (χ4v) is 1.75. The van der Waals surface area contributed by atoms with Crippen molar-refractivity contribution in [3.8, 4) is 22.9 Å². The number of nitrogens with zero attached hydrogens (tertiary/aromatic N) is 1. The molecule has 0 atom stereocenters. The number of nitrogens with one attached hydrogen (secondary N) is 1. The second-order valence-corrected chi connectivity index (χ2v) is 3.67. The van der Waals surface area contributed by atoms with Crippen molar-refractivity contribution in [3.63, 3.8) is 0 Å². The Bertz CT molecular complexity index is 653. The van der Waals surface area contributed by atoms with Crippen molar-refractivity contribution in [1.82, 2.24) is 4.98 Å². The molecule has 0 unspecified atom stereocenters. The van der Waals surface area contributed by atoms with Gasteiger partial charge in [-0.1, -0.05) is 12.1 Å². The van der Waals surface area contributed by atoms with E-state index in [2.05, 4.69) is 4.98 Å². The van der Waals surface area contributed by atoms with Gasteiger partial charge in [-0.05, 0) is 30.7 Å². The standard InChI is InChI=1S/C14H12N2O2/c1-2-18-11-5-3-4-10(8-11)12-6-7-16-14(17)13(12)9-15/h3-8H,2H2,1H3,(H,16,17). The van der Waals surface area contributed by atoms with Crippen LogP contribution in [0.2, 0.25) is 0 Å². The molecule has 1 aromatic heterocycles. The van der Waals surface area contributed by atoms with Crippen LogP contribution in [0.1, 0.15) is 12.5 Å². The van der Waals surface area contributed by atoms with Gasteiger partial charge in [0.1, 0.15) is 17.4 Å². The Balaban J connectivity index is 2.56. The molecule has 0 saturated heterocycles. The summed E-state index contributed by atoms with van der Waals surface area (Å²) in [7, 11) is 0. The Hall–Kier alpha value is -2.54. The summed E-state index contributed by atoms with van der Waals surface area (Å²) in [5.41, 5.74) is 1.15. The lowest BCUT2D eigenvalue weighted by atomic mass is 10.0. The third-order valence-electron chi connectivity index (χ3n) is 2.53. The quantitative estimate of drug-likeness (QED) is 0.895. The monoisotopic (exact) mass is 240 g/mol. The van der Waals surface area contributed by atoms with Crippen LogP contribution in [-0.4, -0.2) is 11.6 Å². The predicted molar refractivity (Wildman–Crippen MR) is 68.4 cm³/mol. The number of rotatable bonds is 3. The summed E-state index contributed by atoms with van der Waals surface area (Å²) < 4.78 is 5.40. The fourth-order valence-electron chi connectivity index (χ4n) is 1.75. The van der Waals surface area contributed by atoms with Gasteiger partial charge in [-0.25, -0.2) is 0 Å². The molecule has 0 amide bonds. The molecule has 1 aromatic carbocycles. The van der Waals surface area contributed by atoms with Gasteiger partial charge in [0.15, 0.2) is 0 Å². The second kappa shape index (κ2) is 5.19. The summed E-state index contributed by atoms with van der Waals surface area (Å²) >= 11 is 0. The van der Waals surface area contributed by atoms with E-state index in [9.17, 15) is 4.79 Å². The van der Waals surface area contributed by atoms with Crippen LogP contribution >= 0.6 is 0 Å². The van der Waals surface area contributed by atoms with Crippen molar-refractivity contribution < 1.29 is 4.74 Å². The van der Waals surface area contributed by atoms with Crippen LogP contribution in [0, 0.1) is 11.3 Å². The van der Waals surface area contributed by atoms with Crippen molar-refractivity contribution in [2.24, 2.45) is 0 Å². The SMILES string of the molecule is CCOc1cccc(-c2cc[nH]c(=O)c2C#N)c1. The van der Waals surface area contributed by atoms with Crippen molar-refractivity contribution in [2.75, 3.05) is 6.61 Å². The zero-order valence-electron chi connectivity index (χ0n) is 9.93. The maximum absolute atomic E-state index is 11.5. The summed E-state index contributed by atoms with van der Waals surface area (Å²) in [6.07, 6.45) is 1.53. The molecule has 4 nitrogen and oxygen atoms in total. The highest BCUT2D eigenvalue weighted by molar-refractivity contribution is 5.70. The van der Waals surface area contributed by atoms with Gasteiger partial charge >= 0.3 is 0 Å². The molecule has 4 heteroatoms. The zero-order chi connectivity index (χ0) is 13.0. The van der Waals surface area contributed by atoms with Gasteiger partial charge in [0.25, 0.3) is 5.56 Å². The van der Waals surface area contributed by atoms with Gasteiger partial charge in [-0.2, -0.15) is 5.26 Å². The largest absolute Gasteiger partial charge is 0.494 e. The van der Waals surface area contributed by atoms with Gasteiger partial charge in [0, 0.05) is 11.8 Å². The smallest absolute Gasteiger partial charge is 0.266 e. The van der Waals surface area contributed by atoms with E-state index in [-0.39, 0.29) is 11.1 Å². The van der Waals surface area contributed by atoms with Crippen molar-refractivity contribution in [2.45, 2.75) is 6.92 Å². The minimum absolute atomic E-state index is 0.117. The topological polar surface area (TPSA) is 65.9 Å². The molecular weight excluding hydrogens is 228 g/mol. The maximum Gasteiger partial charge on any atom is 0.266 e. The molecule has 2 aromatic rings. The number of hydrogen-bond acceptors (Lipinski definition) is 3. The van der Waals surface area contributed by atoms with E-state index < -0.39 is 0 Å². The van der Waals surface area contributed by atoms with Gasteiger partial charge in [0.05, 0.1) is 6.61 Å². The molecule has 18 heavy (non-hydrogen) atoms. The highest BCUT2D eigenvalue weighted by Crippen LogP contribution is 2.24. The lowest BCUT2D eigenvalue weighted by Crippen LogP contribution is -2.10. The molecule has 0 saturated carbocycles. The lowest BCUT2D eigenvalue weighted by molar-refractivity contribution is 0.340. The number of nitriles is 1. The molecule has 2 rings (SSSR count). The van der Waals surface area contributed by atoms with Gasteiger partial charge in [-0.15, -0.1) is 0 Å². The first-order chi connectivity index (χ1) is 8.76. The normalized spacial score (nSPS) is 9.78. The van der Waals surface area contributed by atoms with Crippen LogP contribution in [0.3, 0.4) is 0 Å².